The number of hydrogen-bond donors (Lipinski definition) is 1. The molecule has 0 aliphatic rings. The van der Waals surface area contributed by atoms with E-state index in [1.165, 1.54) is 0 Å². The summed E-state index contributed by atoms with van der Waals surface area (Å²) < 4.78 is 3.34. The van der Waals surface area contributed by atoms with Crippen LogP contribution in [0.5, 0.6) is 0 Å². The lowest BCUT2D eigenvalue weighted by Crippen LogP contribution is -2.32. The first kappa shape index (κ1) is 15.0. The van der Waals surface area contributed by atoms with E-state index in [1.807, 2.05) is 18.3 Å². The Morgan fingerprint density at radius 1 is 1.26 bits per heavy atom. The van der Waals surface area contributed by atoms with Crippen LogP contribution in [0.3, 0.4) is 0 Å². The number of benzene rings is 1. The predicted octanol–water partition coefficient (Wildman–Crippen LogP) is 0.950. The van der Waals surface area contributed by atoms with Gasteiger partial charge in [-0.15, -0.1) is 0 Å². The molecule has 7 heteroatoms. The second-order valence-corrected chi connectivity index (χ2v) is 5.20. The van der Waals surface area contributed by atoms with Crippen LogP contribution in [0, 0.1) is 0 Å². The van der Waals surface area contributed by atoms with Gasteiger partial charge in [0.15, 0.2) is 5.69 Å². The molecule has 3 rings (SSSR count). The Morgan fingerprint density at radius 2 is 2.09 bits per heavy atom. The summed E-state index contributed by atoms with van der Waals surface area (Å²) in [7, 11) is 1.72. The monoisotopic (exact) mass is 311 g/mol. The van der Waals surface area contributed by atoms with Crippen molar-refractivity contribution in [1.82, 2.24) is 24.9 Å². The lowest BCUT2D eigenvalue weighted by Gasteiger charge is -2.08. The molecule has 2 heterocycles. The van der Waals surface area contributed by atoms with Crippen molar-refractivity contribution in [1.29, 1.82) is 0 Å². The maximum Gasteiger partial charge on any atom is 0.275 e. The Morgan fingerprint density at radius 3 is 2.87 bits per heavy atom. The summed E-state index contributed by atoms with van der Waals surface area (Å²) >= 11 is 0. The fourth-order valence-electron chi connectivity index (χ4n) is 2.43. The van der Waals surface area contributed by atoms with E-state index in [1.54, 1.807) is 40.8 Å². The van der Waals surface area contributed by atoms with Gasteiger partial charge in [0.25, 0.3) is 5.91 Å². The maximum absolute atomic E-state index is 12.4. The second-order valence-electron chi connectivity index (χ2n) is 5.20. The third-order valence-corrected chi connectivity index (χ3v) is 3.59. The average Bonchev–Trinajstić information content (AvgIpc) is 3.08. The van der Waals surface area contributed by atoms with Crippen molar-refractivity contribution in [2.75, 3.05) is 6.54 Å². The van der Waals surface area contributed by atoms with Crippen LogP contribution < -0.4 is 10.7 Å². The van der Waals surface area contributed by atoms with Crippen molar-refractivity contribution in [3.63, 3.8) is 0 Å². The SMILES string of the molecule is Cn1nc(C(=O)NCCCn2cccn2)c(=O)c2ccccc21. The van der Waals surface area contributed by atoms with Gasteiger partial charge >= 0.3 is 0 Å². The summed E-state index contributed by atoms with van der Waals surface area (Å²) in [6.45, 7) is 1.16. The van der Waals surface area contributed by atoms with Crippen LogP contribution in [0.25, 0.3) is 10.9 Å². The van der Waals surface area contributed by atoms with Crippen LogP contribution in [-0.4, -0.2) is 32.0 Å². The Labute approximate surface area is 132 Å². The summed E-state index contributed by atoms with van der Waals surface area (Å²) in [5.41, 5.74) is 0.279. The van der Waals surface area contributed by atoms with Crippen LogP contribution >= 0.6 is 0 Å². The molecule has 23 heavy (non-hydrogen) atoms. The number of amides is 1. The number of aromatic nitrogens is 4. The second kappa shape index (κ2) is 6.43. The van der Waals surface area contributed by atoms with Crippen LogP contribution in [0.15, 0.2) is 47.5 Å². The largest absolute Gasteiger partial charge is 0.350 e. The normalized spacial score (nSPS) is 10.8. The van der Waals surface area contributed by atoms with E-state index in [9.17, 15) is 9.59 Å². The van der Waals surface area contributed by atoms with Crippen LogP contribution in [0.2, 0.25) is 0 Å². The van der Waals surface area contributed by atoms with Crippen LogP contribution in [0.4, 0.5) is 0 Å². The summed E-state index contributed by atoms with van der Waals surface area (Å²) in [5, 5.41) is 11.4. The molecule has 0 aliphatic heterocycles. The fourth-order valence-corrected chi connectivity index (χ4v) is 2.43. The number of carbonyl (C=O) groups is 1. The topological polar surface area (TPSA) is 81.8 Å². The Bertz CT molecular complexity index is 883. The third-order valence-electron chi connectivity index (χ3n) is 3.59. The highest BCUT2D eigenvalue weighted by Crippen LogP contribution is 2.07. The minimum atomic E-state index is -0.447. The first-order valence-electron chi connectivity index (χ1n) is 7.38. The highest BCUT2D eigenvalue weighted by atomic mass is 16.2. The third kappa shape index (κ3) is 3.13. The predicted molar refractivity (Wildman–Crippen MR) is 86.2 cm³/mol. The van der Waals surface area contributed by atoms with E-state index in [-0.39, 0.29) is 11.1 Å². The fraction of sp³-hybridized carbons (Fsp3) is 0.250. The molecule has 0 aliphatic carbocycles. The summed E-state index contributed by atoms with van der Waals surface area (Å²) in [6, 6.07) is 8.96. The lowest BCUT2D eigenvalue weighted by atomic mass is 10.2. The zero-order valence-corrected chi connectivity index (χ0v) is 12.8. The number of hydrogen-bond acceptors (Lipinski definition) is 4. The quantitative estimate of drug-likeness (QED) is 0.711. The average molecular weight is 311 g/mol. The van der Waals surface area contributed by atoms with E-state index < -0.39 is 5.91 Å². The van der Waals surface area contributed by atoms with Gasteiger partial charge in [-0.1, -0.05) is 12.1 Å². The maximum atomic E-state index is 12.4. The smallest absolute Gasteiger partial charge is 0.275 e. The molecular formula is C16H17N5O2. The lowest BCUT2D eigenvalue weighted by molar-refractivity contribution is 0.0944. The molecule has 2 aromatic heterocycles. The van der Waals surface area contributed by atoms with Gasteiger partial charge in [-0.2, -0.15) is 10.2 Å². The molecule has 0 bridgehead atoms. The number of nitrogens with zero attached hydrogens (tertiary/aromatic N) is 4. The molecule has 1 aromatic carbocycles. The van der Waals surface area contributed by atoms with E-state index in [0.29, 0.717) is 24.0 Å². The first-order chi connectivity index (χ1) is 11.2. The number of rotatable bonds is 5. The molecule has 0 saturated carbocycles. The molecule has 0 unspecified atom stereocenters. The van der Waals surface area contributed by atoms with E-state index in [0.717, 1.165) is 6.42 Å². The van der Waals surface area contributed by atoms with E-state index in [2.05, 4.69) is 15.5 Å². The molecular weight excluding hydrogens is 294 g/mol. The molecule has 7 nitrogen and oxygen atoms in total. The minimum absolute atomic E-state index is 0.0784. The summed E-state index contributed by atoms with van der Waals surface area (Å²) in [5.74, 6) is -0.447. The van der Waals surface area contributed by atoms with Crippen molar-refractivity contribution in [2.24, 2.45) is 7.05 Å². The van der Waals surface area contributed by atoms with Gasteiger partial charge in [0.2, 0.25) is 5.43 Å². The number of carbonyl (C=O) groups excluding carboxylic acids is 1. The summed E-state index contributed by atoms with van der Waals surface area (Å²) in [4.78, 5) is 24.6. The molecule has 118 valence electrons. The van der Waals surface area contributed by atoms with Crippen molar-refractivity contribution < 1.29 is 4.79 Å². The Balaban J connectivity index is 1.71. The highest BCUT2D eigenvalue weighted by molar-refractivity contribution is 5.95. The molecule has 0 spiro atoms. The molecule has 0 atom stereocenters. The highest BCUT2D eigenvalue weighted by Gasteiger charge is 2.15. The van der Waals surface area contributed by atoms with Crippen molar-refractivity contribution >= 4 is 16.8 Å². The van der Waals surface area contributed by atoms with Gasteiger partial charge in [0.1, 0.15) is 0 Å². The minimum Gasteiger partial charge on any atom is -0.350 e. The van der Waals surface area contributed by atoms with E-state index in [4.69, 9.17) is 0 Å². The molecule has 0 fully saturated rings. The molecule has 1 amide bonds. The van der Waals surface area contributed by atoms with E-state index >= 15 is 0 Å². The molecule has 3 aromatic rings. The molecule has 0 saturated heterocycles. The Kier molecular flexibility index (Phi) is 4.18. The van der Waals surface area contributed by atoms with Gasteiger partial charge in [-0.3, -0.25) is 19.0 Å². The van der Waals surface area contributed by atoms with Crippen LogP contribution in [0.1, 0.15) is 16.9 Å². The molecule has 0 radical (unpaired) electrons. The van der Waals surface area contributed by atoms with Crippen molar-refractivity contribution in [2.45, 2.75) is 13.0 Å². The zero-order valence-electron chi connectivity index (χ0n) is 12.8. The van der Waals surface area contributed by atoms with Gasteiger partial charge < -0.3 is 5.32 Å². The van der Waals surface area contributed by atoms with Gasteiger partial charge in [0, 0.05) is 37.9 Å². The standard InChI is InChI=1S/C16H17N5O2/c1-20-13-7-3-2-6-12(13)15(22)14(19-20)16(23)17-8-4-10-21-11-5-9-18-21/h2-3,5-7,9,11H,4,8,10H2,1H3,(H,17,23). The number of nitrogens with one attached hydrogen (secondary N) is 1. The number of fused-ring (bicyclic) bond motifs is 1. The molecule has 1 N–H and O–H groups in total. The van der Waals surface area contributed by atoms with Gasteiger partial charge in [0.05, 0.1) is 5.52 Å². The van der Waals surface area contributed by atoms with Gasteiger partial charge in [-0.05, 0) is 24.6 Å². The van der Waals surface area contributed by atoms with Crippen LogP contribution in [-0.2, 0) is 13.6 Å². The number of aryl methyl sites for hydroxylation is 2. The first-order valence-corrected chi connectivity index (χ1v) is 7.38. The zero-order chi connectivity index (χ0) is 16.2. The van der Waals surface area contributed by atoms with Crippen molar-refractivity contribution in [3.8, 4) is 0 Å². The summed E-state index contributed by atoms with van der Waals surface area (Å²) in [6.07, 6.45) is 4.30. The Hall–Kier alpha value is -2.96. The van der Waals surface area contributed by atoms with Crippen molar-refractivity contribution in [3.05, 3.63) is 58.6 Å². The number of para-hydroxylation sites is 1. The van der Waals surface area contributed by atoms with Gasteiger partial charge in [-0.25, -0.2) is 0 Å².